The van der Waals surface area contributed by atoms with Crippen LogP contribution in [-0.2, 0) is 13.1 Å². The Bertz CT molecular complexity index is 1230. The molecule has 1 atom stereocenters. The van der Waals surface area contributed by atoms with E-state index in [4.69, 9.17) is 0 Å². The number of aromatic nitrogens is 5. The summed E-state index contributed by atoms with van der Waals surface area (Å²) in [5, 5.41) is 22.8. The van der Waals surface area contributed by atoms with Crippen LogP contribution in [0.2, 0.25) is 0 Å². The average Bonchev–Trinajstić information content (AvgIpc) is 3.25. The molecule has 0 saturated carbocycles. The number of rotatable bonds is 9. The zero-order valence-electron chi connectivity index (χ0n) is 18.4. The number of aliphatic hydroxyl groups excluding tert-OH is 1. The van der Waals surface area contributed by atoms with Gasteiger partial charge in [0.15, 0.2) is 5.82 Å². The highest BCUT2D eigenvalue weighted by atomic mass is 16.3. The minimum absolute atomic E-state index is 0.0748. The van der Waals surface area contributed by atoms with Crippen molar-refractivity contribution in [3.05, 3.63) is 87.5 Å². The number of nitrogens with zero attached hydrogens (tertiary/aromatic N) is 5. The molecular weight excluding hydrogens is 404 g/mol. The van der Waals surface area contributed by atoms with Gasteiger partial charge in [-0.15, -0.1) is 5.10 Å². The minimum atomic E-state index is -0.145. The molecule has 32 heavy (non-hydrogen) atoms. The van der Waals surface area contributed by atoms with Crippen LogP contribution in [0.1, 0.15) is 41.9 Å². The van der Waals surface area contributed by atoms with Gasteiger partial charge in [0.1, 0.15) is 0 Å². The average molecular weight is 433 g/mol. The molecule has 0 spiro atoms. The molecule has 0 aliphatic rings. The highest BCUT2D eigenvalue weighted by molar-refractivity contribution is 5.79. The van der Waals surface area contributed by atoms with Gasteiger partial charge < -0.3 is 10.1 Å². The molecule has 0 saturated heterocycles. The van der Waals surface area contributed by atoms with E-state index in [2.05, 4.69) is 31.5 Å². The summed E-state index contributed by atoms with van der Waals surface area (Å²) in [5.74, 6) is 0.722. The van der Waals surface area contributed by atoms with Crippen molar-refractivity contribution in [1.29, 1.82) is 0 Å². The van der Waals surface area contributed by atoms with Gasteiger partial charge in [0, 0.05) is 30.8 Å². The zero-order valence-corrected chi connectivity index (χ0v) is 18.4. The van der Waals surface area contributed by atoms with E-state index >= 15 is 0 Å². The van der Waals surface area contributed by atoms with E-state index in [0.717, 1.165) is 27.9 Å². The Morgan fingerprint density at radius 1 is 1.16 bits per heavy atom. The Labute approximate surface area is 186 Å². The molecule has 0 aliphatic heterocycles. The van der Waals surface area contributed by atoms with Crippen LogP contribution < -0.4 is 5.56 Å². The van der Waals surface area contributed by atoms with Gasteiger partial charge in [-0.05, 0) is 59.8 Å². The van der Waals surface area contributed by atoms with Gasteiger partial charge in [-0.2, -0.15) is 0 Å². The summed E-state index contributed by atoms with van der Waals surface area (Å²) in [6.45, 7) is 5.75. The number of fused-ring (bicyclic) bond motifs is 1. The van der Waals surface area contributed by atoms with Crippen molar-refractivity contribution in [3.63, 3.8) is 0 Å². The number of pyridine rings is 1. The first-order valence-electron chi connectivity index (χ1n) is 10.8. The number of tetrazole rings is 1. The molecule has 2 heterocycles. The summed E-state index contributed by atoms with van der Waals surface area (Å²) in [4.78, 5) is 17.9. The molecule has 0 fully saturated rings. The van der Waals surface area contributed by atoms with Gasteiger partial charge in [-0.3, -0.25) is 9.69 Å². The van der Waals surface area contributed by atoms with Gasteiger partial charge >= 0.3 is 0 Å². The van der Waals surface area contributed by atoms with E-state index in [-0.39, 0.29) is 18.2 Å². The first kappa shape index (κ1) is 21.9. The van der Waals surface area contributed by atoms with Crippen molar-refractivity contribution in [2.75, 3.05) is 13.2 Å². The number of hydrogen-bond acceptors (Lipinski definition) is 6. The largest absolute Gasteiger partial charge is 0.396 e. The van der Waals surface area contributed by atoms with Gasteiger partial charge in [-0.25, -0.2) is 4.68 Å². The fourth-order valence-corrected chi connectivity index (χ4v) is 3.93. The Morgan fingerprint density at radius 2 is 1.97 bits per heavy atom. The lowest BCUT2D eigenvalue weighted by Crippen LogP contribution is -2.32. The number of nitrogens with one attached hydrogen (secondary N) is 1. The van der Waals surface area contributed by atoms with E-state index in [1.54, 1.807) is 4.68 Å². The highest BCUT2D eigenvalue weighted by Gasteiger charge is 2.23. The Morgan fingerprint density at radius 3 is 2.75 bits per heavy atom. The number of H-pyrrole nitrogens is 1. The normalized spacial score (nSPS) is 12.5. The summed E-state index contributed by atoms with van der Waals surface area (Å²) >= 11 is 0. The lowest BCUT2D eigenvalue weighted by atomic mass is 10.1. The summed E-state index contributed by atoms with van der Waals surface area (Å²) in [6.07, 6.45) is 0.592. The lowest BCUT2D eigenvalue weighted by Gasteiger charge is -2.28. The van der Waals surface area contributed by atoms with Crippen LogP contribution in [0, 0.1) is 6.92 Å². The fraction of sp³-hybridized carbons (Fsp3) is 0.333. The second-order valence-corrected chi connectivity index (χ2v) is 8.12. The van der Waals surface area contributed by atoms with Crippen molar-refractivity contribution in [1.82, 2.24) is 30.1 Å². The van der Waals surface area contributed by atoms with Crippen LogP contribution in [0.15, 0.2) is 59.4 Å². The fourth-order valence-electron chi connectivity index (χ4n) is 3.93. The quantitative estimate of drug-likeness (QED) is 0.422. The molecule has 4 rings (SSSR count). The third-order valence-electron chi connectivity index (χ3n) is 5.71. The molecule has 166 valence electrons. The standard InChI is InChI=1S/C24H28N6O2/c1-17-9-10-22-20(13-17)14-21(24(32)25-22)16-29(11-6-12-31)18(2)23-26-27-28-30(23)15-19-7-4-3-5-8-19/h3-5,7-10,13-14,18,31H,6,11-12,15-16H2,1-2H3,(H,25,32)/t18-/m0/s1. The molecule has 0 bridgehead atoms. The maximum absolute atomic E-state index is 12.8. The number of aromatic amines is 1. The van der Waals surface area contributed by atoms with Gasteiger partial charge in [0.2, 0.25) is 0 Å². The maximum Gasteiger partial charge on any atom is 0.252 e. The molecular formula is C24H28N6O2. The Kier molecular flexibility index (Phi) is 6.72. The van der Waals surface area contributed by atoms with Crippen LogP contribution in [0.5, 0.6) is 0 Å². The van der Waals surface area contributed by atoms with Crippen LogP contribution in [0.3, 0.4) is 0 Å². The van der Waals surface area contributed by atoms with E-state index in [9.17, 15) is 9.90 Å². The Balaban J connectivity index is 1.62. The van der Waals surface area contributed by atoms with Crippen molar-refractivity contribution < 1.29 is 5.11 Å². The van der Waals surface area contributed by atoms with E-state index in [1.807, 2.05) is 62.4 Å². The van der Waals surface area contributed by atoms with Crippen LogP contribution >= 0.6 is 0 Å². The molecule has 0 aliphatic carbocycles. The van der Waals surface area contributed by atoms with E-state index < -0.39 is 0 Å². The van der Waals surface area contributed by atoms with Crippen molar-refractivity contribution in [2.24, 2.45) is 0 Å². The summed E-state index contributed by atoms with van der Waals surface area (Å²) < 4.78 is 1.79. The molecule has 2 aromatic carbocycles. The predicted molar refractivity (Wildman–Crippen MR) is 123 cm³/mol. The summed E-state index contributed by atoms with van der Waals surface area (Å²) in [6, 6.07) is 17.8. The summed E-state index contributed by atoms with van der Waals surface area (Å²) in [5.41, 5.74) is 3.64. The number of aryl methyl sites for hydroxylation is 1. The molecule has 8 heteroatoms. The van der Waals surface area contributed by atoms with Crippen LogP contribution in [0.25, 0.3) is 10.9 Å². The number of aliphatic hydroxyl groups is 1. The molecule has 4 aromatic rings. The number of hydrogen-bond donors (Lipinski definition) is 2. The van der Waals surface area contributed by atoms with Gasteiger partial charge in [0.25, 0.3) is 5.56 Å². The van der Waals surface area contributed by atoms with E-state index in [0.29, 0.717) is 31.6 Å². The smallest absolute Gasteiger partial charge is 0.252 e. The highest BCUT2D eigenvalue weighted by Crippen LogP contribution is 2.22. The molecule has 8 nitrogen and oxygen atoms in total. The Hall–Kier alpha value is -3.36. The second-order valence-electron chi connectivity index (χ2n) is 8.12. The molecule has 0 amide bonds. The second kappa shape index (κ2) is 9.84. The van der Waals surface area contributed by atoms with Crippen LogP contribution in [0.4, 0.5) is 0 Å². The first-order valence-corrected chi connectivity index (χ1v) is 10.8. The van der Waals surface area contributed by atoms with Crippen LogP contribution in [-0.4, -0.2) is 48.3 Å². The van der Waals surface area contributed by atoms with Crippen molar-refractivity contribution in [3.8, 4) is 0 Å². The third-order valence-corrected chi connectivity index (χ3v) is 5.71. The van der Waals surface area contributed by atoms with E-state index in [1.165, 1.54) is 0 Å². The van der Waals surface area contributed by atoms with Crippen molar-refractivity contribution >= 4 is 10.9 Å². The molecule has 2 aromatic heterocycles. The molecule has 0 radical (unpaired) electrons. The third kappa shape index (κ3) is 4.92. The first-order chi connectivity index (χ1) is 15.5. The molecule has 2 N–H and O–H groups in total. The SMILES string of the molecule is Cc1ccc2[nH]c(=O)c(CN(CCCO)[C@@H](C)c3nnnn3Cc3ccccc3)cc2c1. The lowest BCUT2D eigenvalue weighted by molar-refractivity contribution is 0.167. The van der Waals surface area contributed by atoms with Crippen molar-refractivity contribution in [2.45, 2.75) is 39.4 Å². The number of benzene rings is 2. The maximum atomic E-state index is 12.8. The van der Waals surface area contributed by atoms with Gasteiger partial charge in [-0.1, -0.05) is 42.0 Å². The molecule has 0 unspecified atom stereocenters. The minimum Gasteiger partial charge on any atom is -0.396 e. The zero-order chi connectivity index (χ0) is 22.5. The van der Waals surface area contributed by atoms with Gasteiger partial charge in [0.05, 0.1) is 12.6 Å². The summed E-state index contributed by atoms with van der Waals surface area (Å²) in [7, 11) is 0. The topological polar surface area (TPSA) is 99.9 Å². The monoisotopic (exact) mass is 432 g/mol. The predicted octanol–water partition coefficient (Wildman–Crippen LogP) is 2.82.